The molecule has 0 spiro atoms. The molecule has 0 atom stereocenters. The molecule has 2 N–H and O–H groups in total. The number of hydrogen-bond donors (Lipinski definition) is 2. The van der Waals surface area contributed by atoms with E-state index >= 15 is 0 Å². The number of nitrogens with zero attached hydrogens (tertiary/aromatic N) is 3. The molecule has 0 bridgehead atoms. The average Bonchev–Trinajstić information content (AvgIpc) is 2.92. The number of rotatable bonds is 5. The topological polar surface area (TPSA) is 89.6 Å². The molecule has 0 fully saturated rings. The van der Waals surface area contributed by atoms with Crippen LogP contribution >= 0.6 is 0 Å². The third-order valence-electron chi connectivity index (χ3n) is 3.23. The standard InChI is InChI=1S/C14H14BN3O4/c1-21-14-12-8-17-18(13(12)6-7-16-14)9-10-2-4-11(5-3-10)22-15(19)20/h2-8,19-20H,9H2,1H3. The van der Waals surface area contributed by atoms with E-state index in [4.69, 9.17) is 19.4 Å². The molecule has 0 saturated carbocycles. The van der Waals surface area contributed by atoms with Crippen LogP contribution < -0.4 is 9.39 Å². The lowest BCUT2D eigenvalue weighted by Crippen LogP contribution is -2.20. The highest BCUT2D eigenvalue weighted by atomic mass is 16.6. The van der Waals surface area contributed by atoms with Gasteiger partial charge < -0.3 is 19.4 Å². The van der Waals surface area contributed by atoms with E-state index in [1.165, 1.54) is 0 Å². The molecule has 3 aromatic rings. The fourth-order valence-electron chi connectivity index (χ4n) is 2.24. The first-order valence-electron chi connectivity index (χ1n) is 6.63. The summed E-state index contributed by atoms with van der Waals surface area (Å²) in [5.41, 5.74) is 1.93. The smallest absolute Gasteiger partial charge is 0.512 e. The number of hydrogen-bond acceptors (Lipinski definition) is 6. The van der Waals surface area contributed by atoms with Gasteiger partial charge in [0.25, 0.3) is 0 Å². The van der Waals surface area contributed by atoms with Gasteiger partial charge in [-0.05, 0) is 23.8 Å². The van der Waals surface area contributed by atoms with Crippen molar-refractivity contribution in [1.29, 1.82) is 0 Å². The molecule has 1 aromatic carbocycles. The fraction of sp³-hybridized carbons (Fsp3) is 0.143. The first-order valence-corrected chi connectivity index (χ1v) is 6.63. The Morgan fingerprint density at radius 1 is 1.18 bits per heavy atom. The van der Waals surface area contributed by atoms with Gasteiger partial charge in [-0.2, -0.15) is 5.10 Å². The van der Waals surface area contributed by atoms with E-state index in [-0.39, 0.29) is 0 Å². The fourth-order valence-corrected chi connectivity index (χ4v) is 2.24. The van der Waals surface area contributed by atoms with Crippen molar-refractivity contribution in [2.45, 2.75) is 6.54 Å². The molecule has 2 heterocycles. The monoisotopic (exact) mass is 299 g/mol. The Kier molecular flexibility index (Phi) is 3.95. The van der Waals surface area contributed by atoms with Gasteiger partial charge in [0.15, 0.2) is 0 Å². The maximum Gasteiger partial charge on any atom is 0.707 e. The largest absolute Gasteiger partial charge is 0.707 e. The second-order valence-corrected chi connectivity index (χ2v) is 4.64. The van der Waals surface area contributed by atoms with Crippen LogP contribution in [0.15, 0.2) is 42.7 Å². The van der Waals surface area contributed by atoms with Crippen LogP contribution in [0, 0.1) is 0 Å². The second-order valence-electron chi connectivity index (χ2n) is 4.64. The third kappa shape index (κ3) is 2.88. The second kappa shape index (κ2) is 6.04. The maximum absolute atomic E-state index is 8.75. The zero-order valence-electron chi connectivity index (χ0n) is 11.9. The van der Waals surface area contributed by atoms with E-state index in [0.29, 0.717) is 18.2 Å². The van der Waals surface area contributed by atoms with E-state index in [0.717, 1.165) is 16.5 Å². The van der Waals surface area contributed by atoms with Crippen molar-refractivity contribution in [3.8, 4) is 11.6 Å². The summed E-state index contributed by atoms with van der Waals surface area (Å²) in [5.74, 6) is 0.930. The Morgan fingerprint density at radius 3 is 2.64 bits per heavy atom. The lowest BCUT2D eigenvalue weighted by atomic mass is 10.2. The van der Waals surface area contributed by atoms with Crippen LogP contribution in [0.3, 0.4) is 0 Å². The number of fused-ring (bicyclic) bond motifs is 1. The average molecular weight is 299 g/mol. The summed E-state index contributed by atoms with van der Waals surface area (Å²) in [5, 5.41) is 22.7. The van der Waals surface area contributed by atoms with Gasteiger partial charge in [-0.1, -0.05) is 12.1 Å². The molecule has 3 rings (SSSR count). The summed E-state index contributed by atoms with van der Waals surface area (Å²) in [4.78, 5) is 4.15. The van der Waals surface area contributed by atoms with Crippen molar-refractivity contribution < 1.29 is 19.4 Å². The predicted molar refractivity (Wildman–Crippen MR) is 80.4 cm³/mol. The van der Waals surface area contributed by atoms with Crippen molar-refractivity contribution >= 4 is 18.2 Å². The number of ether oxygens (including phenoxy) is 1. The number of benzene rings is 1. The molecule has 112 valence electrons. The van der Waals surface area contributed by atoms with Crippen LogP contribution in [0.25, 0.3) is 10.9 Å². The maximum atomic E-state index is 8.75. The SMILES string of the molecule is COc1nccc2c1cnn2Cc1ccc(OB(O)O)cc1. The minimum absolute atomic E-state index is 0.384. The summed E-state index contributed by atoms with van der Waals surface area (Å²) >= 11 is 0. The predicted octanol–water partition coefficient (Wildman–Crippen LogP) is 0.836. The van der Waals surface area contributed by atoms with Gasteiger partial charge in [-0.15, -0.1) is 0 Å². The first kappa shape index (κ1) is 14.4. The molecule has 0 aliphatic heterocycles. The lowest BCUT2D eigenvalue weighted by molar-refractivity contribution is 0.288. The number of pyridine rings is 1. The normalized spacial score (nSPS) is 10.7. The zero-order chi connectivity index (χ0) is 15.5. The zero-order valence-corrected chi connectivity index (χ0v) is 11.9. The van der Waals surface area contributed by atoms with E-state index in [1.54, 1.807) is 31.6 Å². The van der Waals surface area contributed by atoms with Crippen molar-refractivity contribution in [1.82, 2.24) is 14.8 Å². The van der Waals surface area contributed by atoms with Crippen LogP contribution in [0.4, 0.5) is 0 Å². The Bertz CT molecular complexity index is 773. The Morgan fingerprint density at radius 2 is 1.95 bits per heavy atom. The molecular formula is C14H14BN3O4. The van der Waals surface area contributed by atoms with Gasteiger partial charge in [0, 0.05) is 6.20 Å². The molecule has 7 nitrogen and oxygen atoms in total. The van der Waals surface area contributed by atoms with Crippen molar-refractivity contribution in [3.63, 3.8) is 0 Å². The van der Waals surface area contributed by atoms with Crippen molar-refractivity contribution in [2.75, 3.05) is 7.11 Å². The minimum atomic E-state index is -1.82. The molecule has 0 amide bonds. The highest BCUT2D eigenvalue weighted by molar-refractivity contribution is 6.33. The molecule has 22 heavy (non-hydrogen) atoms. The molecule has 0 aliphatic rings. The molecule has 0 saturated heterocycles. The Hall–Kier alpha value is -2.58. The van der Waals surface area contributed by atoms with Gasteiger partial charge in [-0.25, -0.2) is 4.98 Å². The Balaban J connectivity index is 1.84. The van der Waals surface area contributed by atoms with Crippen molar-refractivity contribution in [3.05, 3.63) is 48.3 Å². The van der Waals surface area contributed by atoms with Gasteiger partial charge in [0.05, 0.1) is 30.8 Å². The highest BCUT2D eigenvalue weighted by Crippen LogP contribution is 2.23. The van der Waals surface area contributed by atoms with Gasteiger partial charge in [-0.3, -0.25) is 4.68 Å². The van der Waals surface area contributed by atoms with Gasteiger partial charge in [0.1, 0.15) is 5.75 Å². The van der Waals surface area contributed by atoms with Crippen LogP contribution in [-0.4, -0.2) is 39.2 Å². The lowest BCUT2D eigenvalue weighted by Gasteiger charge is -2.07. The summed E-state index contributed by atoms with van der Waals surface area (Å²) < 4.78 is 11.8. The van der Waals surface area contributed by atoms with E-state index in [9.17, 15) is 0 Å². The quantitative estimate of drug-likeness (QED) is 0.678. The van der Waals surface area contributed by atoms with Gasteiger partial charge >= 0.3 is 7.32 Å². The third-order valence-corrected chi connectivity index (χ3v) is 3.23. The van der Waals surface area contributed by atoms with Crippen LogP contribution in [0.1, 0.15) is 5.56 Å². The first-order chi connectivity index (χ1) is 10.7. The van der Waals surface area contributed by atoms with E-state index < -0.39 is 7.32 Å². The molecule has 8 heteroatoms. The van der Waals surface area contributed by atoms with Crippen LogP contribution in [0.5, 0.6) is 11.6 Å². The highest BCUT2D eigenvalue weighted by Gasteiger charge is 2.11. The Labute approximate surface area is 126 Å². The van der Waals surface area contributed by atoms with Crippen LogP contribution in [-0.2, 0) is 6.54 Å². The summed E-state index contributed by atoms with van der Waals surface area (Å²) in [6.07, 6.45) is 3.40. The molecule has 2 aromatic heterocycles. The van der Waals surface area contributed by atoms with E-state index in [1.807, 2.05) is 22.9 Å². The van der Waals surface area contributed by atoms with Gasteiger partial charge in [0.2, 0.25) is 5.88 Å². The van der Waals surface area contributed by atoms with Crippen molar-refractivity contribution in [2.24, 2.45) is 0 Å². The summed E-state index contributed by atoms with van der Waals surface area (Å²) in [7, 11) is -0.242. The minimum Gasteiger partial charge on any atom is -0.512 e. The molecule has 0 unspecified atom stereocenters. The van der Waals surface area contributed by atoms with E-state index in [2.05, 4.69) is 10.1 Å². The van der Waals surface area contributed by atoms with Crippen LogP contribution in [0.2, 0.25) is 0 Å². The number of aromatic nitrogens is 3. The molecule has 0 aliphatic carbocycles. The molecular weight excluding hydrogens is 285 g/mol. The number of methoxy groups -OCH3 is 1. The summed E-state index contributed by atoms with van der Waals surface area (Å²) in [6.45, 7) is 0.568. The molecule has 0 radical (unpaired) electrons. The summed E-state index contributed by atoms with van der Waals surface area (Å²) in [6, 6.07) is 8.89.